The summed E-state index contributed by atoms with van der Waals surface area (Å²) in [5.41, 5.74) is 7.73. The zero-order chi connectivity index (χ0) is 13.0. The van der Waals surface area contributed by atoms with E-state index in [0.717, 1.165) is 35.9 Å². The van der Waals surface area contributed by atoms with E-state index < -0.39 is 0 Å². The summed E-state index contributed by atoms with van der Waals surface area (Å²) in [6.07, 6.45) is 6.49. The normalized spacial score (nSPS) is 23.9. The molecule has 1 heterocycles. The standard InChI is InChI=1S/C15H24N2O/c1-3-12-5-8-14(9-6-12)18-15-13(10-16)7-4-11(2)17-15/h4,7,12,14H,3,5-6,8-10,16H2,1-2H3. The van der Waals surface area contributed by atoms with E-state index in [9.17, 15) is 0 Å². The Hall–Kier alpha value is -1.09. The Kier molecular flexibility index (Phi) is 4.59. The Morgan fingerprint density at radius 3 is 2.61 bits per heavy atom. The molecule has 1 aromatic heterocycles. The summed E-state index contributed by atoms with van der Waals surface area (Å²) in [5.74, 6) is 1.64. The number of nitrogens with zero attached hydrogens (tertiary/aromatic N) is 1. The van der Waals surface area contributed by atoms with Crippen LogP contribution < -0.4 is 10.5 Å². The maximum atomic E-state index is 6.06. The number of rotatable bonds is 4. The van der Waals surface area contributed by atoms with Crippen molar-refractivity contribution < 1.29 is 4.74 Å². The van der Waals surface area contributed by atoms with E-state index in [0.29, 0.717) is 12.6 Å². The molecule has 0 bridgehead atoms. The quantitative estimate of drug-likeness (QED) is 0.890. The molecule has 0 amide bonds. The highest BCUT2D eigenvalue weighted by Crippen LogP contribution is 2.29. The van der Waals surface area contributed by atoms with Crippen molar-refractivity contribution in [1.29, 1.82) is 0 Å². The molecule has 0 aliphatic heterocycles. The first-order chi connectivity index (χ1) is 8.72. The van der Waals surface area contributed by atoms with Crippen molar-refractivity contribution in [1.82, 2.24) is 4.98 Å². The number of aromatic nitrogens is 1. The second kappa shape index (κ2) is 6.19. The zero-order valence-electron chi connectivity index (χ0n) is 11.5. The predicted octanol–water partition coefficient (Wildman–Crippen LogP) is 3.20. The van der Waals surface area contributed by atoms with E-state index in [-0.39, 0.29) is 0 Å². The number of aryl methyl sites for hydroxylation is 1. The molecule has 1 saturated carbocycles. The minimum absolute atomic E-state index is 0.326. The molecule has 3 nitrogen and oxygen atoms in total. The molecule has 0 atom stereocenters. The Labute approximate surface area is 110 Å². The summed E-state index contributed by atoms with van der Waals surface area (Å²) < 4.78 is 6.06. The van der Waals surface area contributed by atoms with Gasteiger partial charge in [0.2, 0.25) is 5.88 Å². The van der Waals surface area contributed by atoms with E-state index in [4.69, 9.17) is 10.5 Å². The molecule has 0 aromatic carbocycles. The van der Waals surface area contributed by atoms with Crippen molar-refractivity contribution in [3.05, 3.63) is 23.4 Å². The van der Waals surface area contributed by atoms with E-state index in [2.05, 4.69) is 11.9 Å². The van der Waals surface area contributed by atoms with Gasteiger partial charge in [0.15, 0.2) is 0 Å². The third kappa shape index (κ3) is 3.22. The van der Waals surface area contributed by atoms with E-state index >= 15 is 0 Å². The lowest BCUT2D eigenvalue weighted by atomic mass is 9.86. The van der Waals surface area contributed by atoms with Gasteiger partial charge in [-0.2, -0.15) is 0 Å². The van der Waals surface area contributed by atoms with E-state index in [1.807, 2.05) is 19.1 Å². The van der Waals surface area contributed by atoms with Crippen LogP contribution >= 0.6 is 0 Å². The molecule has 0 spiro atoms. The van der Waals surface area contributed by atoms with Crippen LogP contribution in [-0.4, -0.2) is 11.1 Å². The minimum atomic E-state index is 0.326. The molecule has 0 saturated heterocycles. The van der Waals surface area contributed by atoms with Crippen LogP contribution in [0, 0.1) is 12.8 Å². The number of pyridine rings is 1. The van der Waals surface area contributed by atoms with Gasteiger partial charge in [-0.05, 0) is 44.6 Å². The van der Waals surface area contributed by atoms with Crippen LogP contribution in [0.2, 0.25) is 0 Å². The number of hydrogen-bond acceptors (Lipinski definition) is 3. The average molecular weight is 248 g/mol. The van der Waals surface area contributed by atoms with Crippen LogP contribution in [0.25, 0.3) is 0 Å². The Balaban J connectivity index is 1.99. The summed E-state index contributed by atoms with van der Waals surface area (Å²) >= 11 is 0. The second-order valence-electron chi connectivity index (χ2n) is 5.29. The summed E-state index contributed by atoms with van der Waals surface area (Å²) in [6, 6.07) is 4.01. The predicted molar refractivity (Wildman–Crippen MR) is 73.5 cm³/mol. The van der Waals surface area contributed by atoms with Crippen molar-refractivity contribution in [3.63, 3.8) is 0 Å². The summed E-state index contributed by atoms with van der Waals surface area (Å²) in [7, 11) is 0. The number of ether oxygens (including phenoxy) is 1. The van der Waals surface area contributed by atoms with Gasteiger partial charge in [-0.1, -0.05) is 19.4 Å². The Bertz CT molecular complexity index is 384. The van der Waals surface area contributed by atoms with Crippen LogP contribution in [0.15, 0.2) is 12.1 Å². The SMILES string of the molecule is CCC1CCC(Oc2nc(C)ccc2CN)CC1. The van der Waals surface area contributed by atoms with Gasteiger partial charge < -0.3 is 10.5 Å². The number of nitrogens with two attached hydrogens (primary N) is 1. The molecule has 1 aliphatic carbocycles. The van der Waals surface area contributed by atoms with Gasteiger partial charge in [0, 0.05) is 17.8 Å². The highest BCUT2D eigenvalue weighted by Gasteiger charge is 2.22. The lowest BCUT2D eigenvalue weighted by molar-refractivity contribution is 0.123. The van der Waals surface area contributed by atoms with Crippen molar-refractivity contribution >= 4 is 0 Å². The highest BCUT2D eigenvalue weighted by molar-refractivity contribution is 5.28. The van der Waals surface area contributed by atoms with Gasteiger partial charge in [0.25, 0.3) is 0 Å². The maximum absolute atomic E-state index is 6.06. The first-order valence-corrected chi connectivity index (χ1v) is 7.06. The summed E-state index contributed by atoms with van der Waals surface area (Å²) in [5, 5.41) is 0. The van der Waals surface area contributed by atoms with Crippen molar-refractivity contribution in [3.8, 4) is 5.88 Å². The average Bonchev–Trinajstić information content (AvgIpc) is 2.40. The Morgan fingerprint density at radius 2 is 2.00 bits per heavy atom. The topological polar surface area (TPSA) is 48.1 Å². The molecule has 2 rings (SSSR count). The third-order valence-electron chi connectivity index (χ3n) is 3.95. The molecule has 18 heavy (non-hydrogen) atoms. The monoisotopic (exact) mass is 248 g/mol. The van der Waals surface area contributed by atoms with Crippen LogP contribution in [-0.2, 0) is 6.54 Å². The fourth-order valence-electron chi connectivity index (χ4n) is 2.63. The van der Waals surface area contributed by atoms with Gasteiger partial charge in [-0.25, -0.2) is 4.98 Å². The molecule has 3 heteroatoms. The second-order valence-corrected chi connectivity index (χ2v) is 5.29. The van der Waals surface area contributed by atoms with Gasteiger partial charge in [-0.15, -0.1) is 0 Å². The fourth-order valence-corrected chi connectivity index (χ4v) is 2.63. The lowest BCUT2D eigenvalue weighted by Crippen LogP contribution is -2.25. The van der Waals surface area contributed by atoms with Gasteiger partial charge in [-0.3, -0.25) is 0 Å². The van der Waals surface area contributed by atoms with Gasteiger partial charge in [0.05, 0.1) is 0 Å². The third-order valence-corrected chi connectivity index (χ3v) is 3.95. The fraction of sp³-hybridized carbons (Fsp3) is 0.667. The van der Waals surface area contributed by atoms with Crippen LogP contribution in [0.3, 0.4) is 0 Å². The minimum Gasteiger partial charge on any atom is -0.474 e. The van der Waals surface area contributed by atoms with Crippen molar-refractivity contribution in [2.75, 3.05) is 0 Å². The highest BCUT2D eigenvalue weighted by atomic mass is 16.5. The van der Waals surface area contributed by atoms with E-state index in [1.54, 1.807) is 0 Å². The first-order valence-electron chi connectivity index (χ1n) is 7.06. The molecule has 1 aliphatic rings. The molecule has 2 N–H and O–H groups in total. The van der Waals surface area contributed by atoms with Crippen molar-refractivity contribution in [2.45, 2.75) is 58.6 Å². The molecule has 100 valence electrons. The molecule has 0 radical (unpaired) electrons. The van der Waals surface area contributed by atoms with Crippen LogP contribution in [0.4, 0.5) is 0 Å². The maximum Gasteiger partial charge on any atom is 0.218 e. The zero-order valence-corrected chi connectivity index (χ0v) is 11.5. The summed E-state index contributed by atoms with van der Waals surface area (Å²) in [6.45, 7) is 4.76. The smallest absolute Gasteiger partial charge is 0.218 e. The van der Waals surface area contributed by atoms with Gasteiger partial charge in [0.1, 0.15) is 6.10 Å². The van der Waals surface area contributed by atoms with Gasteiger partial charge >= 0.3 is 0 Å². The number of hydrogen-bond donors (Lipinski definition) is 1. The molecular weight excluding hydrogens is 224 g/mol. The van der Waals surface area contributed by atoms with Crippen LogP contribution in [0.1, 0.15) is 50.3 Å². The lowest BCUT2D eigenvalue weighted by Gasteiger charge is -2.28. The molecular formula is C15H24N2O. The molecule has 1 fully saturated rings. The largest absolute Gasteiger partial charge is 0.474 e. The first kappa shape index (κ1) is 13.3. The molecule has 0 unspecified atom stereocenters. The van der Waals surface area contributed by atoms with E-state index in [1.165, 1.54) is 19.3 Å². The Morgan fingerprint density at radius 1 is 1.28 bits per heavy atom. The van der Waals surface area contributed by atoms with Crippen LogP contribution in [0.5, 0.6) is 5.88 Å². The van der Waals surface area contributed by atoms with Crippen molar-refractivity contribution in [2.24, 2.45) is 11.7 Å². The summed E-state index contributed by atoms with van der Waals surface area (Å²) in [4.78, 5) is 4.48. The molecule has 1 aromatic rings.